The summed E-state index contributed by atoms with van der Waals surface area (Å²) in [5, 5.41) is 17.4. The SMILES string of the molecule is CCOc1nnc(-c2cc(C(=O)O)c(C)c(C3CCC3)c2)[nH]1. The Bertz CT molecular complexity index is 705. The highest BCUT2D eigenvalue weighted by molar-refractivity contribution is 5.91. The van der Waals surface area contributed by atoms with Gasteiger partial charge in [-0.05, 0) is 55.9 Å². The Balaban J connectivity index is 2.05. The second kappa shape index (κ2) is 5.79. The van der Waals surface area contributed by atoms with E-state index < -0.39 is 5.97 Å². The van der Waals surface area contributed by atoms with Crippen LogP contribution in [0, 0.1) is 6.92 Å². The normalized spacial score (nSPS) is 14.6. The lowest BCUT2D eigenvalue weighted by atomic mass is 9.77. The zero-order valence-corrected chi connectivity index (χ0v) is 12.7. The van der Waals surface area contributed by atoms with Gasteiger partial charge in [-0.2, -0.15) is 0 Å². The predicted molar refractivity (Wildman–Crippen MR) is 81.3 cm³/mol. The van der Waals surface area contributed by atoms with Crippen molar-refractivity contribution in [3.05, 3.63) is 28.8 Å². The van der Waals surface area contributed by atoms with Crippen LogP contribution in [0.25, 0.3) is 11.4 Å². The Kier molecular flexibility index (Phi) is 3.83. The molecule has 1 aliphatic rings. The van der Waals surface area contributed by atoms with E-state index in [1.165, 1.54) is 6.42 Å². The summed E-state index contributed by atoms with van der Waals surface area (Å²) in [6, 6.07) is 4.03. The van der Waals surface area contributed by atoms with Crippen molar-refractivity contribution in [2.75, 3.05) is 6.61 Å². The Labute approximate surface area is 128 Å². The molecule has 2 aromatic rings. The summed E-state index contributed by atoms with van der Waals surface area (Å²) >= 11 is 0. The van der Waals surface area contributed by atoms with Crippen molar-refractivity contribution in [1.29, 1.82) is 0 Å². The molecule has 0 saturated heterocycles. The average molecular weight is 301 g/mol. The van der Waals surface area contributed by atoms with E-state index >= 15 is 0 Å². The number of aromatic carboxylic acids is 1. The van der Waals surface area contributed by atoms with Gasteiger partial charge in [0.25, 0.3) is 0 Å². The van der Waals surface area contributed by atoms with Crippen molar-refractivity contribution in [1.82, 2.24) is 15.2 Å². The van der Waals surface area contributed by atoms with Gasteiger partial charge in [0.1, 0.15) is 0 Å². The van der Waals surface area contributed by atoms with E-state index in [0.717, 1.165) is 29.5 Å². The van der Waals surface area contributed by atoms with Crippen molar-refractivity contribution >= 4 is 5.97 Å². The van der Waals surface area contributed by atoms with Gasteiger partial charge >= 0.3 is 12.0 Å². The fraction of sp³-hybridized carbons (Fsp3) is 0.438. The van der Waals surface area contributed by atoms with Crippen LogP contribution in [0.15, 0.2) is 12.1 Å². The van der Waals surface area contributed by atoms with Gasteiger partial charge in [0, 0.05) is 5.56 Å². The van der Waals surface area contributed by atoms with Crippen LogP contribution in [0.5, 0.6) is 6.01 Å². The summed E-state index contributed by atoms with van der Waals surface area (Å²) in [5.41, 5.74) is 3.03. The first-order valence-corrected chi connectivity index (χ1v) is 7.53. The molecule has 1 saturated carbocycles. The van der Waals surface area contributed by atoms with Crippen molar-refractivity contribution < 1.29 is 14.6 Å². The topological polar surface area (TPSA) is 88.1 Å². The maximum atomic E-state index is 11.5. The van der Waals surface area contributed by atoms with Crippen LogP contribution < -0.4 is 4.74 Å². The quantitative estimate of drug-likeness (QED) is 0.885. The smallest absolute Gasteiger partial charge is 0.335 e. The predicted octanol–water partition coefficient (Wildman–Crippen LogP) is 3.14. The van der Waals surface area contributed by atoms with Crippen LogP contribution in [0.4, 0.5) is 0 Å². The van der Waals surface area contributed by atoms with E-state index in [1.807, 2.05) is 19.9 Å². The molecule has 1 aromatic carbocycles. The molecule has 3 rings (SSSR count). The fourth-order valence-corrected chi connectivity index (χ4v) is 2.82. The number of carboxylic acids is 1. The minimum atomic E-state index is -0.913. The summed E-state index contributed by atoms with van der Waals surface area (Å²) in [5.74, 6) is 0.0725. The molecular weight excluding hydrogens is 282 g/mol. The maximum Gasteiger partial charge on any atom is 0.335 e. The lowest BCUT2D eigenvalue weighted by Crippen LogP contribution is -2.13. The first-order chi connectivity index (χ1) is 10.6. The number of nitrogens with zero attached hydrogens (tertiary/aromatic N) is 2. The number of hydrogen-bond donors (Lipinski definition) is 2. The number of H-pyrrole nitrogens is 1. The summed E-state index contributed by atoms with van der Waals surface area (Å²) in [7, 11) is 0. The molecule has 1 heterocycles. The minimum absolute atomic E-state index is 0.328. The maximum absolute atomic E-state index is 11.5. The molecule has 2 N–H and O–H groups in total. The third-order valence-corrected chi connectivity index (χ3v) is 4.24. The molecule has 0 atom stereocenters. The zero-order chi connectivity index (χ0) is 15.7. The van der Waals surface area contributed by atoms with Crippen LogP contribution in [0.1, 0.15) is 53.6 Å². The number of nitrogens with one attached hydrogen (secondary N) is 1. The first-order valence-electron chi connectivity index (χ1n) is 7.53. The van der Waals surface area contributed by atoms with Gasteiger partial charge in [-0.3, -0.25) is 4.98 Å². The van der Waals surface area contributed by atoms with E-state index in [4.69, 9.17) is 4.74 Å². The summed E-state index contributed by atoms with van der Waals surface area (Å²) in [6.45, 7) is 4.24. The second-order valence-corrected chi connectivity index (χ2v) is 5.58. The number of benzene rings is 1. The van der Waals surface area contributed by atoms with Gasteiger partial charge in [0.05, 0.1) is 12.2 Å². The minimum Gasteiger partial charge on any atom is -0.478 e. The number of rotatable bonds is 5. The average Bonchev–Trinajstić information content (AvgIpc) is 2.87. The summed E-state index contributed by atoms with van der Waals surface area (Å²) in [6.07, 6.45) is 3.43. The number of aromatic amines is 1. The zero-order valence-electron chi connectivity index (χ0n) is 12.7. The van der Waals surface area contributed by atoms with E-state index in [-0.39, 0.29) is 0 Å². The van der Waals surface area contributed by atoms with E-state index in [0.29, 0.717) is 29.9 Å². The van der Waals surface area contributed by atoms with Crippen molar-refractivity contribution in [2.45, 2.75) is 39.0 Å². The van der Waals surface area contributed by atoms with E-state index in [1.54, 1.807) is 6.07 Å². The number of hydrogen-bond acceptors (Lipinski definition) is 4. The number of carboxylic acid groups (broad SMARTS) is 1. The number of aromatic nitrogens is 3. The molecule has 0 amide bonds. The molecule has 1 aromatic heterocycles. The molecule has 1 fully saturated rings. The lowest BCUT2D eigenvalue weighted by Gasteiger charge is -2.28. The van der Waals surface area contributed by atoms with Crippen molar-refractivity contribution in [3.63, 3.8) is 0 Å². The summed E-state index contributed by atoms with van der Waals surface area (Å²) in [4.78, 5) is 14.5. The molecule has 0 aliphatic heterocycles. The molecule has 116 valence electrons. The Hall–Kier alpha value is -2.37. The second-order valence-electron chi connectivity index (χ2n) is 5.58. The van der Waals surface area contributed by atoms with Gasteiger partial charge in [-0.15, -0.1) is 5.10 Å². The lowest BCUT2D eigenvalue weighted by molar-refractivity contribution is 0.0696. The third kappa shape index (κ3) is 2.56. The highest BCUT2D eigenvalue weighted by atomic mass is 16.5. The molecule has 1 aliphatic carbocycles. The van der Waals surface area contributed by atoms with Crippen LogP contribution >= 0.6 is 0 Å². The van der Waals surface area contributed by atoms with Crippen LogP contribution in [-0.2, 0) is 0 Å². The molecule has 0 radical (unpaired) electrons. The first kappa shape index (κ1) is 14.6. The molecule has 0 bridgehead atoms. The molecule has 0 spiro atoms. The Morgan fingerprint density at radius 1 is 1.41 bits per heavy atom. The van der Waals surface area contributed by atoms with E-state index in [9.17, 15) is 9.90 Å². The van der Waals surface area contributed by atoms with Gasteiger partial charge in [-0.1, -0.05) is 11.5 Å². The Morgan fingerprint density at radius 3 is 2.77 bits per heavy atom. The number of carbonyl (C=O) groups is 1. The van der Waals surface area contributed by atoms with Gasteiger partial charge in [-0.25, -0.2) is 4.79 Å². The Morgan fingerprint density at radius 2 is 2.18 bits per heavy atom. The van der Waals surface area contributed by atoms with Crippen LogP contribution in [-0.4, -0.2) is 32.9 Å². The number of ether oxygens (including phenoxy) is 1. The standard InChI is InChI=1S/C16H19N3O3/c1-3-22-16-17-14(18-19-16)11-7-12(10-5-4-6-10)9(2)13(8-11)15(20)21/h7-8,10H,3-6H2,1-2H3,(H,20,21)(H,17,18,19). The van der Waals surface area contributed by atoms with Crippen LogP contribution in [0.3, 0.4) is 0 Å². The van der Waals surface area contributed by atoms with Gasteiger partial charge in [0.2, 0.25) is 0 Å². The van der Waals surface area contributed by atoms with Gasteiger partial charge < -0.3 is 9.84 Å². The molecule has 22 heavy (non-hydrogen) atoms. The molecular formula is C16H19N3O3. The van der Waals surface area contributed by atoms with Crippen LogP contribution in [0.2, 0.25) is 0 Å². The van der Waals surface area contributed by atoms with E-state index in [2.05, 4.69) is 15.2 Å². The highest BCUT2D eigenvalue weighted by Gasteiger charge is 2.25. The monoisotopic (exact) mass is 301 g/mol. The van der Waals surface area contributed by atoms with Crippen molar-refractivity contribution in [3.8, 4) is 17.4 Å². The summed E-state index contributed by atoms with van der Waals surface area (Å²) < 4.78 is 5.27. The molecule has 6 heteroatoms. The third-order valence-electron chi connectivity index (χ3n) is 4.24. The van der Waals surface area contributed by atoms with Crippen molar-refractivity contribution in [2.24, 2.45) is 0 Å². The highest BCUT2D eigenvalue weighted by Crippen LogP contribution is 2.40. The fourth-order valence-electron chi connectivity index (χ4n) is 2.82. The van der Waals surface area contributed by atoms with Gasteiger partial charge in [0.15, 0.2) is 5.82 Å². The largest absolute Gasteiger partial charge is 0.478 e. The molecule has 6 nitrogen and oxygen atoms in total. The molecule has 0 unspecified atom stereocenters.